The molecule has 4 aromatic rings. The molecule has 2 aliphatic rings. The Kier molecular flexibility index (Phi) is 5.65. The van der Waals surface area contributed by atoms with Crippen LogP contribution in [-0.4, -0.2) is 81.9 Å². The largest absolute Gasteiger partial charge is 0.369 e. The van der Waals surface area contributed by atoms with Crippen LogP contribution in [-0.2, 0) is 0 Å². The normalized spacial score (nSPS) is 16.8. The summed E-state index contributed by atoms with van der Waals surface area (Å²) in [5.41, 5.74) is 3.07. The summed E-state index contributed by atoms with van der Waals surface area (Å²) >= 11 is 0. The van der Waals surface area contributed by atoms with Gasteiger partial charge in [0.2, 0.25) is 0 Å². The fourth-order valence-electron chi connectivity index (χ4n) is 4.73. The lowest BCUT2D eigenvalue weighted by Gasteiger charge is -2.38. The van der Waals surface area contributed by atoms with Crippen LogP contribution in [0, 0.1) is 0 Å². The highest BCUT2D eigenvalue weighted by atomic mass is 16.2. The van der Waals surface area contributed by atoms with Gasteiger partial charge in [-0.2, -0.15) is 5.10 Å². The molecule has 0 saturated carbocycles. The van der Waals surface area contributed by atoms with Crippen LogP contribution >= 0.6 is 0 Å². The van der Waals surface area contributed by atoms with Crippen molar-refractivity contribution >= 4 is 28.4 Å². The molecule has 2 aliphatic heterocycles. The molecule has 4 heterocycles. The maximum Gasteiger partial charge on any atom is 0.321 e. The minimum atomic E-state index is -0.222. The number of nitrogens with one attached hydrogen (secondary N) is 2. The molecule has 10 nitrogen and oxygen atoms in total. The first-order valence-electron chi connectivity index (χ1n) is 12.2. The number of amides is 2. The van der Waals surface area contributed by atoms with E-state index in [2.05, 4.69) is 44.4 Å². The summed E-state index contributed by atoms with van der Waals surface area (Å²) in [7, 11) is 2.14. The maximum absolute atomic E-state index is 12.8. The quantitative estimate of drug-likeness (QED) is 0.462. The fourth-order valence-corrected chi connectivity index (χ4v) is 4.73. The monoisotopic (exact) mass is 484 g/mol. The molecular formula is C26H28N8O2. The van der Waals surface area contributed by atoms with Gasteiger partial charge in [0, 0.05) is 50.6 Å². The second-order valence-electron chi connectivity index (χ2n) is 9.45. The van der Waals surface area contributed by atoms with Crippen LogP contribution in [0.1, 0.15) is 11.7 Å². The average molecular weight is 485 g/mol. The lowest BCUT2D eigenvalue weighted by atomic mass is 10.00. The van der Waals surface area contributed by atoms with Gasteiger partial charge in [0.15, 0.2) is 5.65 Å². The number of fused-ring (bicyclic) bond motifs is 1. The predicted octanol–water partition coefficient (Wildman–Crippen LogP) is 2.49. The van der Waals surface area contributed by atoms with Crippen LogP contribution in [0.3, 0.4) is 0 Å². The number of nitrogens with zero attached hydrogens (tertiary/aromatic N) is 6. The molecule has 10 heteroatoms. The van der Waals surface area contributed by atoms with E-state index in [1.807, 2.05) is 42.5 Å². The first-order chi connectivity index (χ1) is 17.5. The van der Waals surface area contributed by atoms with Crippen LogP contribution in [0.4, 0.5) is 16.2 Å². The number of aromatic amines is 1. The maximum atomic E-state index is 12.8. The molecule has 0 radical (unpaired) electrons. The number of para-hydroxylation sites is 1. The smallest absolute Gasteiger partial charge is 0.321 e. The predicted molar refractivity (Wildman–Crippen MR) is 139 cm³/mol. The van der Waals surface area contributed by atoms with E-state index >= 15 is 0 Å². The molecule has 2 N–H and O–H groups in total. The Morgan fingerprint density at radius 3 is 2.42 bits per heavy atom. The van der Waals surface area contributed by atoms with Gasteiger partial charge in [-0.15, -0.1) is 0 Å². The number of rotatable bonds is 4. The van der Waals surface area contributed by atoms with Gasteiger partial charge in [0.1, 0.15) is 11.2 Å². The summed E-state index contributed by atoms with van der Waals surface area (Å²) in [5.74, 6) is 0.539. The molecule has 6 rings (SSSR count). The van der Waals surface area contributed by atoms with Gasteiger partial charge in [-0.25, -0.2) is 14.5 Å². The Balaban J connectivity index is 1.10. The van der Waals surface area contributed by atoms with Gasteiger partial charge in [-0.1, -0.05) is 18.2 Å². The Morgan fingerprint density at radius 2 is 1.69 bits per heavy atom. The zero-order chi connectivity index (χ0) is 24.6. The molecule has 2 aromatic carbocycles. The third-order valence-corrected chi connectivity index (χ3v) is 7.00. The van der Waals surface area contributed by atoms with Gasteiger partial charge in [0.05, 0.1) is 17.8 Å². The Morgan fingerprint density at radius 1 is 0.972 bits per heavy atom. The van der Waals surface area contributed by atoms with E-state index in [1.165, 1.54) is 11.9 Å². The molecule has 0 aliphatic carbocycles. The molecule has 0 spiro atoms. The first-order valence-corrected chi connectivity index (χ1v) is 12.2. The van der Waals surface area contributed by atoms with Gasteiger partial charge in [0.25, 0.3) is 5.56 Å². The van der Waals surface area contributed by atoms with Crippen LogP contribution in [0.25, 0.3) is 16.7 Å². The molecule has 0 bridgehead atoms. The van der Waals surface area contributed by atoms with Crippen molar-refractivity contribution in [1.29, 1.82) is 0 Å². The molecule has 0 unspecified atom stereocenters. The number of carbonyl (C=O) groups excluding carboxylic acids is 1. The van der Waals surface area contributed by atoms with Crippen LogP contribution in [0.2, 0.25) is 0 Å². The highest BCUT2D eigenvalue weighted by molar-refractivity contribution is 5.90. The van der Waals surface area contributed by atoms with Crippen LogP contribution in [0.15, 0.2) is 65.6 Å². The fraction of sp³-hybridized carbons (Fsp3) is 0.308. The third kappa shape index (κ3) is 4.20. The summed E-state index contributed by atoms with van der Waals surface area (Å²) in [6, 6.07) is 17.4. The molecule has 0 atom stereocenters. The third-order valence-electron chi connectivity index (χ3n) is 7.00. The molecule has 2 aromatic heterocycles. The number of piperazine rings is 1. The molecule has 2 saturated heterocycles. The van der Waals surface area contributed by atoms with E-state index in [4.69, 9.17) is 4.98 Å². The van der Waals surface area contributed by atoms with Crippen LogP contribution < -0.4 is 15.8 Å². The number of benzene rings is 2. The number of carbonyl (C=O) groups is 1. The number of urea groups is 1. The number of hydrogen-bond acceptors (Lipinski definition) is 6. The first kappa shape index (κ1) is 22.3. The van der Waals surface area contributed by atoms with Crippen molar-refractivity contribution in [1.82, 2.24) is 29.5 Å². The Bertz CT molecular complexity index is 1430. The summed E-state index contributed by atoms with van der Waals surface area (Å²) in [4.78, 5) is 39.4. The van der Waals surface area contributed by atoms with Gasteiger partial charge < -0.3 is 25.0 Å². The van der Waals surface area contributed by atoms with Gasteiger partial charge in [-0.05, 0) is 43.4 Å². The Hall–Kier alpha value is -4.18. The topological polar surface area (TPSA) is 102 Å². The highest BCUT2D eigenvalue weighted by Gasteiger charge is 2.34. The average Bonchev–Trinajstić information content (AvgIpc) is 3.29. The van der Waals surface area contributed by atoms with Crippen molar-refractivity contribution in [2.75, 3.05) is 56.5 Å². The zero-order valence-corrected chi connectivity index (χ0v) is 20.1. The van der Waals surface area contributed by atoms with Gasteiger partial charge in [-0.3, -0.25) is 4.79 Å². The molecule has 2 amide bonds. The second kappa shape index (κ2) is 9.12. The van der Waals surface area contributed by atoms with Crippen molar-refractivity contribution < 1.29 is 4.79 Å². The van der Waals surface area contributed by atoms with E-state index in [0.29, 0.717) is 29.9 Å². The summed E-state index contributed by atoms with van der Waals surface area (Å²) in [6.07, 6.45) is 1.54. The van der Waals surface area contributed by atoms with E-state index in [9.17, 15) is 9.59 Å². The number of likely N-dealkylation sites (tertiary alicyclic amines) is 1. The number of hydrogen-bond donors (Lipinski definition) is 2. The summed E-state index contributed by atoms with van der Waals surface area (Å²) < 4.78 is 1.67. The standard InChI is InChI=1S/C26H28N8O2/c1-31-11-13-32(14-12-31)20-9-7-19(8-10-20)28-26(36)33-16-18(17-33)23-29-24-22(25(35)30-23)15-27-34(24)21-5-3-2-4-6-21/h2-10,15,18H,11-14,16-17H2,1H3,(H,28,36)(H,29,30,35). The van der Waals surface area contributed by atoms with E-state index in [0.717, 1.165) is 37.6 Å². The minimum Gasteiger partial charge on any atom is -0.369 e. The molecule has 2 fully saturated rings. The van der Waals surface area contributed by atoms with Crippen molar-refractivity contribution in [3.05, 3.63) is 77.0 Å². The van der Waals surface area contributed by atoms with Crippen LogP contribution in [0.5, 0.6) is 0 Å². The number of anilines is 2. The lowest BCUT2D eigenvalue weighted by Crippen LogP contribution is -2.51. The summed E-state index contributed by atoms with van der Waals surface area (Å²) in [5, 5.41) is 7.77. The zero-order valence-electron chi connectivity index (χ0n) is 20.1. The van der Waals surface area contributed by atoms with Crippen molar-refractivity contribution in [2.45, 2.75) is 5.92 Å². The second-order valence-corrected chi connectivity index (χ2v) is 9.45. The summed E-state index contributed by atoms with van der Waals surface area (Å²) in [6.45, 7) is 5.08. The Labute approximate surface area is 208 Å². The van der Waals surface area contributed by atoms with Crippen molar-refractivity contribution in [3.63, 3.8) is 0 Å². The van der Waals surface area contributed by atoms with E-state index in [1.54, 1.807) is 9.58 Å². The molecular weight excluding hydrogens is 456 g/mol. The minimum absolute atomic E-state index is 0.0356. The highest BCUT2D eigenvalue weighted by Crippen LogP contribution is 2.26. The number of likely N-dealkylation sites (N-methyl/N-ethyl adjacent to an activating group) is 1. The molecule has 36 heavy (non-hydrogen) atoms. The number of H-pyrrole nitrogens is 1. The lowest BCUT2D eigenvalue weighted by molar-refractivity contribution is 0.161. The van der Waals surface area contributed by atoms with E-state index in [-0.39, 0.29) is 17.5 Å². The SMILES string of the molecule is CN1CCN(c2ccc(NC(=O)N3CC(c4nc5c(cnn5-c5ccccc5)c(=O)[nH]4)C3)cc2)CC1. The van der Waals surface area contributed by atoms with Crippen molar-refractivity contribution in [2.24, 2.45) is 0 Å². The number of aromatic nitrogens is 4. The van der Waals surface area contributed by atoms with Crippen molar-refractivity contribution in [3.8, 4) is 5.69 Å². The van der Waals surface area contributed by atoms with Gasteiger partial charge >= 0.3 is 6.03 Å². The molecule has 184 valence electrons. The van der Waals surface area contributed by atoms with E-state index < -0.39 is 0 Å².